The summed E-state index contributed by atoms with van der Waals surface area (Å²) in [6.07, 6.45) is 4.45. The Bertz CT molecular complexity index is 301. The Balaban J connectivity index is 4.26. The molecule has 0 aromatic rings. The number of aldehydes is 1. The summed E-state index contributed by atoms with van der Waals surface area (Å²) in [6, 6.07) is -0.779. The van der Waals surface area contributed by atoms with Crippen LogP contribution in [0.5, 0.6) is 0 Å². The molecule has 0 rings (SSSR count). The van der Waals surface area contributed by atoms with Crippen LogP contribution in [0.25, 0.3) is 0 Å². The van der Waals surface area contributed by atoms with Gasteiger partial charge in [-0.05, 0) is 27.7 Å². The summed E-state index contributed by atoms with van der Waals surface area (Å²) in [5, 5.41) is 2.41. The molecule has 0 aromatic carbocycles. The first kappa shape index (κ1) is 15.5. The van der Waals surface area contributed by atoms with Gasteiger partial charge in [-0.15, -0.1) is 6.42 Å². The van der Waals surface area contributed by atoms with Crippen molar-refractivity contribution in [3.8, 4) is 12.3 Å². The Kier molecular flexibility index (Phi) is 6.29. The molecule has 0 saturated carbocycles. The number of ether oxygens (including phenoxy) is 2. The highest BCUT2D eigenvalue weighted by atomic mass is 16.6. The standard InChI is InChI=1S/C12H19NO4/c1-6-7-16-9(2)10(8-14)13-11(15)17-12(3,4)5/h1,8-10H,7H2,2-5H3,(H,13,15). The van der Waals surface area contributed by atoms with Gasteiger partial charge in [-0.1, -0.05) is 5.92 Å². The molecule has 5 heteroatoms. The molecule has 0 heterocycles. The van der Waals surface area contributed by atoms with Gasteiger partial charge >= 0.3 is 6.09 Å². The molecule has 1 amide bonds. The lowest BCUT2D eigenvalue weighted by Crippen LogP contribution is -2.46. The summed E-state index contributed by atoms with van der Waals surface area (Å²) < 4.78 is 10.2. The summed E-state index contributed by atoms with van der Waals surface area (Å²) in [7, 11) is 0. The Morgan fingerprint density at radius 3 is 2.53 bits per heavy atom. The predicted octanol–water partition coefficient (Wildman–Crippen LogP) is 1.12. The van der Waals surface area contributed by atoms with E-state index in [1.165, 1.54) is 0 Å². The second-order valence-electron chi connectivity index (χ2n) is 4.53. The van der Waals surface area contributed by atoms with Crippen molar-refractivity contribution in [2.75, 3.05) is 6.61 Å². The summed E-state index contributed by atoms with van der Waals surface area (Å²) in [5.41, 5.74) is -0.611. The summed E-state index contributed by atoms with van der Waals surface area (Å²) in [4.78, 5) is 22.2. The third-order valence-electron chi connectivity index (χ3n) is 1.77. The van der Waals surface area contributed by atoms with E-state index >= 15 is 0 Å². The molecule has 2 unspecified atom stereocenters. The van der Waals surface area contributed by atoms with Gasteiger partial charge in [0.05, 0.1) is 6.10 Å². The third-order valence-corrected chi connectivity index (χ3v) is 1.77. The normalized spacial score (nSPS) is 14.3. The van der Waals surface area contributed by atoms with Crippen LogP contribution in [-0.2, 0) is 14.3 Å². The topological polar surface area (TPSA) is 64.6 Å². The maximum Gasteiger partial charge on any atom is 0.408 e. The van der Waals surface area contributed by atoms with E-state index in [9.17, 15) is 9.59 Å². The summed E-state index contributed by atoms with van der Waals surface area (Å²) in [5.74, 6) is 2.29. The zero-order valence-corrected chi connectivity index (χ0v) is 10.6. The number of hydrogen-bond donors (Lipinski definition) is 1. The molecule has 0 aromatic heterocycles. The van der Waals surface area contributed by atoms with Crippen molar-refractivity contribution >= 4 is 12.4 Å². The lowest BCUT2D eigenvalue weighted by molar-refractivity contribution is -0.112. The predicted molar refractivity (Wildman–Crippen MR) is 63.5 cm³/mol. The van der Waals surface area contributed by atoms with Crippen molar-refractivity contribution in [2.24, 2.45) is 0 Å². The van der Waals surface area contributed by atoms with Gasteiger partial charge in [-0.2, -0.15) is 0 Å². The first-order valence-electron chi connectivity index (χ1n) is 5.30. The van der Waals surface area contributed by atoms with Crippen LogP contribution in [0.1, 0.15) is 27.7 Å². The minimum Gasteiger partial charge on any atom is -0.444 e. The fourth-order valence-electron chi connectivity index (χ4n) is 0.989. The first-order valence-corrected chi connectivity index (χ1v) is 5.30. The van der Waals surface area contributed by atoms with Crippen LogP contribution in [0.2, 0.25) is 0 Å². The van der Waals surface area contributed by atoms with E-state index in [-0.39, 0.29) is 6.61 Å². The van der Waals surface area contributed by atoms with E-state index in [1.54, 1.807) is 27.7 Å². The molecular formula is C12H19NO4. The van der Waals surface area contributed by atoms with Gasteiger partial charge in [0.15, 0.2) is 0 Å². The van der Waals surface area contributed by atoms with Gasteiger partial charge in [-0.3, -0.25) is 0 Å². The smallest absolute Gasteiger partial charge is 0.408 e. The number of rotatable bonds is 5. The molecule has 0 saturated heterocycles. The molecule has 2 atom stereocenters. The van der Waals surface area contributed by atoms with Crippen molar-refractivity contribution < 1.29 is 19.1 Å². The van der Waals surface area contributed by atoms with Gasteiger partial charge in [0, 0.05) is 0 Å². The molecule has 0 radical (unpaired) electrons. The highest BCUT2D eigenvalue weighted by Crippen LogP contribution is 2.07. The molecule has 96 valence electrons. The molecule has 5 nitrogen and oxygen atoms in total. The molecule has 0 aliphatic heterocycles. The molecule has 1 N–H and O–H groups in total. The van der Waals surface area contributed by atoms with Gasteiger partial charge in [0.1, 0.15) is 24.5 Å². The highest BCUT2D eigenvalue weighted by Gasteiger charge is 2.23. The minimum absolute atomic E-state index is 0.0848. The zero-order valence-electron chi connectivity index (χ0n) is 10.6. The quantitative estimate of drug-likeness (QED) is 0.578. The van der Waals surface area contributed by atoms with Crippen LogP contribution in [0.4, 0.5) is 4.79 Å². The number of alkyl carbamates (subject to hydrolysis) is 1. The van der Waals surface area contributed by atoms with Crippen LogP contribution < -0.4 is 5.32 Å². The van der Waals surface area contributed by atoms with E-state index in [2.05, 4.69) is 11.2 Å². The van der Waals surface area contributed by atoms with Crippen molar-refractivity contribution in [3.63, 3.8) is 0 Å². The van der Waals surface area contributed by atoms with Crippen LogP contribution in [0, 0.1) is 12.3 Å². The van der Waals surface area contributed by atoms with E-state index in [0.29, 0.717) is 6.29 Å². The number of terminal acetylenes is 1. The number of carbonyl (C=O) groups excluding carboxylic acids is 2. The summed E-state index contributed by atoms with van der Waals surface area (Å²) in [6.45, 7) is 6.94. The average Bonchev–Trinajstić information content (AvgIpc) is 2.19. The minimum atomic E-state index is -0.779. The second-order valence-corrected chi connectivity index (χ2v) is 4.53. The molecule has 0 aliphatic rings. The Labute approximate surface area is 102 Å². The number of carbonyl (C=O) groups is 2. The monoisotopic (exact) mass is 241 g/mol. The molecule has 0 spiro atoms. The first-order chi connectivity index (χ1) is 7.80. The molecule has 0 fully saturated rings. The molecule has 0 aliphatic carbocycles. The fourth-order valence-corrected chi connectivity index (χ4v) is 0.989. The SMILES string of the molecule is C#CCOC(C)C(C=O)NC(=O)OC(C)(C)C. The number of amides is 1. The van der Waals surface area contributed by atoms with Crippen molar-refractivity contribution in [2.45, 2.75) is 45.4 Å². The van der Waals surface area contributed by atoms with Crippen LogP contribution in [0.3, 0.4) is 0 Å². The van der Waals surface area contributed by atoms with Crippen LogP contribution >= 0.6 is 0 Å². The molecule has 0 bridgehead atoms. The third kappa shape index (κ3) is 7.36. The van der Waals surface area contributed by atoms with Crippen LogP contribution in [0.15, 0.2) is 0 Å². The zero-order chi connectivity index (χ0) is 13.5. The van der Waals surface area contributed by atoms with Gasteiger partial charge in [-0.25, -0.2) is 4.79 Å². The highest BCUT2D eigenvalue weighted by molar-refractivity contribution is 5.73. The Morgan fingerprint density at radius 2 is 2.12 bits per heavy atom. The van der Waals surface area contributed by atoms with Gasteiger partial charge in [0.25, 0.3) is 0 Å². The van der Waals surface area contributed by atoms with E-state index in [0.717, 1.165) is 0 Å². The number of hydrogen-bond acceptors (Lipinski definition) is 4. The maximum atomic E-state index is 11.4. The largest absolute Gasteiger partial charge is 0.444 e. The average molecular weight is 241 g/mol. The van der Waals surface area contributed by atoms with Gasteiger partial charge < -0.3 is 19.6 Å². The molecule has 17 heavy (non-hydrogen) atoms. The lowest BCUT2D eigenvalue weighted by atomic mass is 10.2. The van der Waals surface area contributed by atoms with Crippen molar-refractivity contribution in [1.82, 2.24) is 5.32 Å². The lowest BCUT2D eigenvalue weighted by Gasteiger charge is -2.23. The van der Waals surface area contributed by atoms with Crippen molar-refractivity contribution in [3.05, 3.63) is 0 Å². The molecular weight excluding hydrogens is 222 g/mol. The van der Waals surface area contributed by atoms with Gasteiger partial charge in [0.2, 0.25) is 0 Å². The number of nitrogens with one attached hydrogen (secondary N) is 1. The Morgan fingerprint density at radius 1 is 1.53 bits per heavy atom. The van der Waals surface area contributed by atoms with Crippen molar-refractivity contribution in [1.29, 1.82) is 0 Å². The fraction of sp³-hybridized carbons (Fsp3) is 0.667. The van der Waals surface area contributed by atoms with Crippen LogP contribution in [-0.4, -0.2) is 36.7 Å². The summed E-state index contributed by atoms with van der Waals surface area (Å²) >= 11 is 0. The Hall–Kier alpha value is -1.54. The van der Waals surface area contributed by atoms with E-state index in [1.807, 2.05) is 0 Å². The van der Waals surface area contributed by atoms with E-state index in [4.69, 9.17) is 15.9 Å². The maximum absolute atomic E-state index is 11.4. The second kappa shape index (κ2) is 6.92. The van der Waals surface area contributed by atoms with E-state index < -0.39 is 23.8 Å².